The van der Waals surface area contributed by atoms with E-state index in [0.29, 0.717) is 5.92 Å². The molecule has 1 fully saturated rings. The molecule has 1 aliphatic carbocycles. The van der Waals surface area contributed by atoms with Gasteiger partial charge >= 0.3 is 0 Å². The highest BCUT2D eigenvalue weighted by molar-refractivity contribution is 4.68. The minimum atomic E-state index is 0.642. The Hall–Kier alpha value is -0.0800. The summed E-state index contributed by atoms with van der Waals surface area (Å²) in [5, 5.41) is 3.56. The molecule has 0 amide bonds. The maximum absolute atomic E-state index is 5.11. The highest BCUT2D eigenvalue weighted by atomic mass is 16.5. The molecular formula is C12H25NO. The van der Waals surface area contributed by atoms with Gasteiger partial charge in [0.05, 0.1) is 0 Å². The van der Waals surface area contributed by atoms with Gasteiger partial charge < -0.3 is 10.1 Å². The normalized spacial score (nSPS) is 21.0. The standard InChI is InChI=1S/C12H25NO/c1-11(10-14-2)8-13-9-12-6-4-3-5-7-12/h11-13H,3-10H2,1-2H3. The minimum absolute atomic E-state index is 0.642. The van der Waals surface area contributed by atoms with Gasteiger partial charge in [0, 0.05) is 13.7 Å². The summed E-state index contributed by atoms with van der Waals surface area (Å²) < 4.78 is 5.11. The molecule has 0 radical (unpaired) electrons. The van der Waals surface area contributed by atoms with Gasteiger partial charge in [-0.2, -0.15) is 0 Å². The van der Waals surface area contributed by atoms with E-state index in [9.17, 15) is 0 Å². The fourth-order valence-electron chi connectivity index (χ4n) is 2.27. The topological polar surface area (TPSA) is 21.3 Å². The van der Waals surface area contributed by atoms with Gasteiger partial charge in [0.25, 0.3) is 0 Å². The second-order valence-electron chi connectivity index (χ2n) is 4.72. The molecule has 1 atom stereocenters. The molecule has 1 saturated carbocycles. The Morgan fingerprint density at radius 3 is 2.64 bits per heavy atom. The predicted octanol–water partition coefficient (Wildman–Crippen LogP) is 2.44. The van der Waals surface area contributed by atoms with Crippen molar-refractivity contribution in [1.82, 2.24) is 5.32 Å². The van der Waals surface area contributed by atoms with Crippen molar-refractivity contribution in [2.45, 2.75) is 39.0 Å². The molecule has 0 spiro atoms. The molecule has 2 heteroatoms. The number of rotatable bonds is 6. The summed E-state index contributed by atoms with van der Waals surface area (Å²) in [4.78, 5) is 0. The van der Waals surface area contributed by atoms with Gasteiger partial charge in [-0.05, 0) is 37.8 Å². The molecule has 0 heterocycles. The minimum Gasteiger partial charge on any atom is -0.384 e. The van der Waals surface area contributed by atoms with E-state index in [1.165, 1.54) is 38.6 Å². The van der Waals surface area contributed by atoms with Gasteiger partial charge in [0.15, 0.2) is 0 Å². The van der Waals surface area contributed by atoms with Gasteiger partial charge in [-0.15, -0.1) is 0 Å². The molecule has 0 aliphatic heterocycles. The van der Waals surface area contributed by atoms with Gasteiger partial charge in [0.1, 0.15) is 0 Å². The summed E-state index contributed by atoms with van der Waals surface area (Å²) in [5.74, 6) is 1.59. The summed E-state index contributed by atoms with van der Waals surface area (Å²) >= 11 is 0. The average molecular weight is 199 g/mol. The van der Waals surface area contributed by atoms with E-state index in [4.69, 9.17) is 4.74 Å². The highest BCUT2D eigenvalue weighted by Crippen LogP contribution is 2.22. The summed E-state index contributed by atoms with van der Waals surface area (Å²) in [6.07, 6.45) is 7.22. The summed E-state index contributed by atoms with van der Waals surface area (Å²) in [7, 11) is 1.78. The van der Waals surface area contributed by atoms with Gasteiger partial charge in [-0.1, -0.05) is 26.2 Å². The number of nitrogens with one attached hydrogen (secondary N) is 1. The van der Waals surface area contributed by atoms with Crippen LogP contribution >= 0.6 is 0 Å². The van der Waals surface area contributed by atoms with Crippen LogP contribution in [0.3, 0.4) is 0 Å². The first-order valence-corrected chi connectivity index (χ1v) is 6.02. The van der Waals surface area contributed by atoms with E-state index in [2.05, 4.69) is 12.2 Å². The van der Waals surface area contributed by atoms with Crippen molar-refractivity contribution in [1.29, 1.82) is 0 Å². The third kappa shape index (κ3) is 4.97. The van der Waals surface area contributed by atoms with E-state index in [1.54, 1.807) is 7.11 Å². The third-order valence-electron chi connectivity index (χ3n) is 3.10. The molecule has 0 aromatic carbocycles. The Morgan fingerprint density at radius 2 is 2.00 bits per heavy atom. The largest absolute Gasteiger partial charge is 0.384 e. The van der Waals surface area contributed by atoms with Crippen molar-refractivity contribution in [2.75, 3.05) is 26.8 Å². The fraction of sp³-hybridized carbons (Fsp3) is 1.00. The smallest absolute Gasteiger partial charge is 0.0499 e. The van der Waals surface area contributed by atoms with Gasteiger partial charge in [-0.3, -0.25) is 0 Å². The zero-order chi connectivity index (χ0) is 10.2. The van der Waals surface area contributed by atoms with Crippen LogP contribution in [0.1, 0.15) is 39.0 Å². The molecule has 0 bridgehead atoms. The SMILES string of the molecule is COCC(C)CNCC1CCCCC1. The first-order chi connectivity index (χ1) is 6.83. The number of methoxy groups -OCH3 is 1. The van der Waals surface area contributed by atoms with E-state index >= 15 is 0 Å². The molecular weight excluding hydrogens is 174 g/mol. The van der Waals surface area contributed by atoms with Gasteiger partial charge in [0.2, 0.25) is 0 Å². The lowest BCUT2D eigenvalue weighted by molar-refractivity contribution is 0.157. The van der Waals surface area contributed by atoms with Crippen molar-refractivity contribution in [3.63, 3.8) is 0 Å². The highest BCUT2D eigenvalue weighted by Gasteiger charge is 2.12. The van der Waals surface area contributed by atoms with Crippen LogP contribution in [0.25, 0.3) is 0 Å². The quantitative estimate of drug-likeness (QED) is 0.709. The molecule has 1 N–H and O–H groups in total. The number of hydrogen-bond donors (Lipinski definition) is 1. The van der Waals surface area contributed by atoms with Crippen LogP contribution in [0.2, 0.25) is 0 Å². The molecule has 1 rings (SSSR count). The molecule has 84 valence electrons. The van der Waals surface area contributed by atoms with Gasteiger partial charge in [-0.25, -0.2) is 0 Å². The molecule has 1 unspecified atom stereocenters. The van der Waals surface area contributed by atoms with Crippen LogP contribution in [-0.4, -0.2) is 26.8 Å². The Labute approximate surface area is 88.4 Å². The first-order valence-electron chi connectivity index (χ1n) is 6.02. The monoisotopic (exact) mass is 199 g/mol. The lowest BCUT2D eigenvalue weighted by atomic mass is 9.89. The molecule has 1 aliphatic rings. The van der Waals surface area contributed by atoms with Crippen LogP contribution in [0.5, 0.6) is 0 Å². The lowest BCUT2D eigenvalue weighted by Gasteiger charge is -2.22. The van der Waals surface area contributed by atoms with Crippen LogP contribution in [0.4, 0.5) is 0 Å². The maximum atomic E-state index is 5.11. The van der Waals surface area contributed by atoms with Crippen molar-refractivity contribution in [2.24, 2.45) is 11.8 Å². The first kappa shape index (κ1) is 12.0. The number of hydrogen-bond acceptors (Lipinski definition) is 2. The summed E-state index contributed by atoms with van der Waals surface area (Å²) in [6.45, 7) is 5.42. The van der Waals surface area contributed by atoms with Crippen molar-refractivity contribution in [3.8, 4) is 0 Å². The van der Waals surface area contributed by atoms with Crippen LogP contribution < -0.4 is 5.32 Å². The summed E-state index contributed by atoms with van der Waals surface area (Å²) in [6, 6.07) is 0. The Morgan fingerprint density at radius 1 is 1.29 bits per heavy atom. The third-order valence-corrected chi connectivity index (χ3v) is 3.10. The zero-order valence-corrected chi connectivity index (χ0v) is 9.72. The average Bonchev–Trinajstić information content (AvgIpc) is 2.20. The molecule has 0 aromatic heterocycles. The molecule has 14 heavy (non-hydrogen) atoms. The second kappa shape index (κ2) is 7.24. The fourth-order valence-corrected chi connectivity index (χ4v) is 2.27. The molecule has 0 aromatic rings. The number of ether oxygens (including phenoxy) is 1. The van der Waals surface area contributed by atoms with Crippen LogP contribution in [0.15, 0.2) is 0 Å². The van der Waals surface area contributed by atoms with E-state index < -0.39 is 0 Å². The molecule has 0 saturated heterocycles. The van der Waals surface area contributed by atoms with E-state index in [-0.39, 0.29) is 0 Å². The Bertz CT molecular complexity index is 132. The second-order valence-corrected chi connectivity index (χ2v) is 4.72. The van der Waals surface area contributed by atoms with Crippen molar-refractivity contribution >= 4 is 0 Å². The summed E-state index contributed by atoms with van der Waals surface area (Å²) in [5.41, 5.74) is 0. The van der Waals surface area contributed by atoms with E-state index in [1.807, 2.05) is 0 Å². The zero-order valence-electron chi connectivity index (χ0n) is 9.72. The Balaban J connectivity index is 1.96. The van der Waals surface area contributed by atoms with Crippen molar-refractivity contribution < 1.29 is 4.74 Å². The predicted molar refractivity (Wildman–Crippen MR) is 60.5 cm³/mol. The van der Waals surface area contributed by atoms with E-state index in [0.717, 1.165) is 19.1 Å². The lowest BCUT2D eigenvalue weighted by Crippen LogP contribution is -2.29. The van der Waals surface area contributed by atoms with Crippen LogP contribution in [-0.2, 0) is 4.74 Å². The van der Waals surface area contributed by atoms with Crippen LogP contribution in [0, 0.1) is 11.8 Å². The Kier molecular flexibility index (Phi) is 6.20. The maximum Gasteiger partial charge on any atom is 0.0499 e. The molecule has 2 nitrogen and oxygen atoms in total. The van der Waals surface area contributed by atoms with Crippen molar-refractivity contribution in [3.05, 3.63) is 0 Å².